The standard InChI is InChI=1S/C21H18F3N7O/c22-21(23,24)13-7-5-12(6-8-13)17-29-18-14-3-1-2-4-15(14)27-20(31(18)30-17)28-16-11-25-9-10-26-19(16)32/h1-8,16,25H,9-11H2,(H,26,32)(H,27,28)/t16-/m1/s1. The average molecular weight is 441 g/mol. The van der Waals surface area contributed by atoms with Crippen molar-refractivity contribution >= 4 is 28.4 Å². The minimum absolute atomic E-state index is 0.166. The molecule has 32 heavy (non-hydrogen) atoms. The number of carbonyl (C=O) groups excluding carboxylic acids is 1. The molecule has 1 aliphatic heterocycles. The van der Waals surface area contributed by atoms with Crippen molar-refractivity contribution in [2.24, 2.45) is 0 Å². The Balaban J connectivity index is 1.61. The van der Waals surface area contributed by atoms with Crippen molar-refractivity contribution in [3.8, 4) is 11.4 Å². The Morgan fingerprint density at radius 3 is 2.59 bits per heavy atom. The van der Waals surface area contributed by atoms with Crippen molar-refractivity contribution in [1.82, 2.24) is 30.2 Å². The zero-order valence-electron chi connectivity index (χ0n) is 16.6. The number of amides is 1. The first-order valence-corrected chi connectivity index (χ1v) is 9.98. The normalized spacial score (nSPS) is 17.3. The maximum atomic E-state index is 12.9. The van der Waals surface area contributed by atoms with E-state index in [1.54, 1.807) is 0 Å². The first-order chi connectivity index (χ1) is 15.4. The Bertz CT molecular complexity index is 1300. The highest BCUT2D eigenvalue weighted by Gasteiger charge is 2.30. The molecule has 8 nitrogen and oxygen atoms in total. The highest BCUT2D eigenvalue weighted by molar-refractivity contribution is 5.93. The van der Waals surface area contributed by atoms with Crippen LogP contribution in [0.1, 0.15) is 5.56 Å². The van der Waals surface area contributed by atoms with E-state index in [1.165, 1.54) is 16.6 Å². The van der Waals surface area contributed by atoms with E-state index in [1.807, 2.05) is 24.3 Å². The van der Waals surface area contributed by atoms with Crippen LogP contribution in [0.5, 0.6) is 0 Å². The summed E-state index contributed by atoms with van der Waals surface area (Å²) in [6.07, 6.45) is -4.42. The summed E-state index contributed by atoms with van der Waals surface area (Å²) in [5.74, 6) is 0.401. The Morgan fingerprint density at radius 1 is 1.03 bits per heavy atom. The highest BCUT2D eigenvalue weighted by atomic mass is 19.4. The van der Waals surface area contributed by atoms with Gasteiger partial charge in [-0.1, -0.05) is 24.3 Å². The highest BCUT2D eigenvalue weighted by Crippen LogP contribution is 2.31. The van der Waals surface area contributed by atoms with Crippen LogP contribution in [0.2, 0.25) is 0 Å². The summed E-state index contributed by atoms with van der Waals surface area (Å²) in [7, 11) is 0. The van der Waals surface area contributed by atoms with Gasteiger partial charge < -0.3 is 16.0 Å². The zero-order chi connectivity index (χ0) is 22.3. The van der Waals surface area contributed by atoms with E-state index in [2.05, 4.69) is 31.0 Å². The number of alkyl halides is 3. The number of anilines is 1. The molecule has 1 atom stereocenters. The van der Waals surface area contributed by atoms with Crippen molar-refractivity contribution in [2.45, 2.75) is 12.2 Å². The van der Waals surface area contributed by atoms with E-state index >= 15 is 0 Å². The zero-order valence-corrected chi connectivity index (χ0v) is 16.6. The fourth-order valence-corrected chi connectivity index (χ4v) is 3.59. The first kappa shape index (κ1) is 20.2. The molecule has 3 heterocycles. The average Bonchev–Trinajstić information content (AvgIpc) is 3.14. The van der Waals surface area contributed by atoms with Gasteiger partial charge in [-0.2, -0.15) is 17.7 Å². The van der Waals surface area contributed by atoms with Crippen molar-refractivity contribution in [2.75, 3.05) is 25.0 Å². The van der Waals surface area contributed by atoms with Gasteiger partial charge in [0.25, 0.3) is 0 Å². The second kappa shape index (κ2) is 7.75. The SMILES string of the molecule is O=C1NCCNC[C@H]1Nc1nc2ccccc2c2nc(-c3ccc(C(F)(F)F)cc3)nn12. The van der Waals surface area contributed by atoms with Crippen LogP contribution in [0.4, 0.5) is 19.1 Å². The third kappa shape index (κ3) is 3.71. The predicted molar refractivity (Wildman–Crippen MR) is 112 cm³/mol. The molecule has 2 aromatic heterocycles. The summed E-state index contributed by atoms with van der Waals surface area (Å²) in [5, 5.41) is 14.3. The van der Waals surface area contributed by atoms with Crippen molar-refractivity contribution in [1.29, 1.82) is 0 Å². The predicted octanol–water partition coefficient (Wildman–Crippen LogP) is 2.46. The fraction of sp³-hybridized carbons (Fsp3) is 0.238. The van der Waals surface area contributed by atoms with Crippen LogP contribution in [-0.2, 0) is 11.0 Å². The summed E-state index contributed by atoms with van der Waals surface area (Å²) in [6.45, 7) is 1.59. The van der Waals surface area contributed by atoms with E-state index < -0.39 is 17.8 Å². The molecule has 0 aliphatic carbocycles. The van der Waals surface area contributed by atoms with Crippen LogP contribution < -0.4 is 16.0 Å². The van der Waals surface area contributed by atoms with Crippen molar-refractivity contribution in [3.63, 3.8) is 0 Å². The number of nitrogens with zero attached hydrogens (tertiary/aromatic N) is 4. The Kier molecular flexibility index (Phi) is 4.89. The topological polar surface area (TPSA) is 96.2 Å². The van der Waals surface area contributed by atoms with Gasteiger partial charge in [-0.3, -0.25) is 4.79 Å². The van der Waals surface area contributed by atoms with Gasteiger partial charge in [-0.05, 0) is 24.3 Å². The van der Waals surface area contributed by atoms with Gasteiger partial charge in [-0.25, -0.2) is 9.97 Å². The largest absolute Gasteiger partial charge is 0.416 e. The van der Waals surface area contributed by atoms with E-state index in [-0.39, 0.29) is 11.7 Å². The number of rotatable bonds is 3. The fourth-order valence-electron chi connectivity index (χ4n) is 3.59. The monoisotopic (exact) mass is 441 g/mol. The molecule has 0 spiro atoms. The molecule has 5 rings (SSSR count). The van der Waals surface area contributed by atoms with Crippen molar-refractivity contribution in [3.05, 3.63) is 54.1 Å². The summed E-state index contributed by atoms with van der Waals surface area (Å²) in [6, 6.07) is 11.4. The number of benzene rings is 2. The number of hydrogen-bond acceptors (Lipinski definition) is 6. The summed E-state index contributed by atoms with van der Waals surface area (Å²) < 4.78 is 40.2. The van der Waals surface area contributed by atoms with Crippen molar-refractivity contribution < 1.29 is 18.0 Å². The molecule has 2 aromatic carbocycles. The van der Waals surface area contributed by atoms with Gasteiger partial charge in [-0.15, -0.1) is 5.10 Å². The van der Waals surface area contributed by atoms with Gasteiger partial charge in [0.2, 0.25) is 11.9 Å². The number of nitrogens with one attached hydrogen (secondary N) is 3. The third-order valence-corrected chi connectivity index (χ3v) is 5.22. The lowest BCUT2D eigenvalue weighted by atomic mass is 10.1. The molecule has 1 amide bonds. The maximum Gasteiger partial charge on any atom is 0.416 e. The summed E-state index contributed by atoms with van der Waals surface area (Å²) in [4.78, 5) is 21.6. The molecule has 3 N–H and O–H groups in total. The Morgan fingerprint density at radius 2 is 1.81 bits per heavy atom. The van der Waals surface area contributed by atoms with E-state index in [0.29, 0.717) is 42.3 Å². The Hall–Kier alpha value is -3.73. The minimum Gasteiger partial charge on any atom is -0.353 e. The van der Waals surface area contributed by atoms with Gasteiger partial charge in [0.15, 0.2) is 11.5 Å². The van der Waals surface area contributed by atoms with Crippen LogP contribution in [-0.4, -0.2) is 51.2 Å². The number of carbonyl (C=O) groups is 1. The van der Waals surface area contributed by atoms with Crippen LogP contribution in [0.25, 0.3) is 27.9 Å². The molecule has 1 fully saturated rings. The smallest absolute Gasteiger partial charge is 0.353 e. The quantitative estimate of drug-likeness (QED) is 0.452. The maximum absolute atomic E-state index is 12.9. The summed E-state index contributed by atoms with van der Waals surface area (Å²) in [5.41, 5.74) is 0.822. The number of hydrogen-bond donors (Lipinski definition) is 3. The van der Waals surface area contributed by atoms with Crippen LogP contribution >= 0.6 is 0 Å². The Labute approximate surface area is 179 Å². The van der Waals surface area contributed by atoms with Crippen LogP contribution in [0.15, 0.2) is 48.5 Å². The van der Waals surface area contributed by atoms with E-state index in [0.717, 1.165) is 17.5 Å². The second-order valence-electron chi connectivity index (χ2n) is 7.39. The van der Waals surface area contributed by atoms with Crippen LogP contribution in [0.3, 0.4) is 0 Å². The van der Waals surface area contributed by atoms with Gasteiger partial charge in [0.1, 0.15) is 6.04 Å². The molecular formula is C21H18F3N7O. The van der Waals surface area contributed by atoms with Crippen LogP contribution in [0, 0.1) is 0 Å². The molecule has 0 radical (unpaired) electrons. The number of fused-ring (bicyclic) bond motifs is 3. The first-order valence-electron chi connectivity index (χ1n) is 9.98. The van der Waals surface area contributed by atoms with Gasteiger partial charge >= 0.3 is 6.18 Å². The minimum atomic E-state index is -4.42. The van der Waals surface area contributed by atoms with E-state index in [4.69, 9.17) is 0 Å². The molecule has 0 unspecified atom stereocenters. The number of para-hydroxylation sites is 1. The lowest BCUT2D eigenvalue weighted by Crippen LogP contribution is -2.42. The molecular weight excluding hydrogens is 423 g/mol. The number of aromatic nitrogens is 4. The van der Waals surface area contributed by atoms with Gasteiger partial charge in [0, 0.05) is 30.6 Å². The lowest BCUT2D eigenvalue weighted by Gasteiger charge is -2.16. The molecule has 164 valence electrons. The molecule has 0 bridgehead atoms. The second-order valence-corrected chi connectivity index (χ2v) is 7.39. The molecule has 11 heteroatoms. The van der Waals surface area contributed by atoms with E-state index in [9.17, 15) is 18.0 Å². The number of halogens is 3. The molecule has 1 saturated heterocycles. The molecule has 0 saturated carbocycles. The summed E-state index contributed by atoms with van der Waals surface area (Å²) >= 11 is 0. The van der Waals surface area contributed by atoms with Gasteiger partial charge in [0.05, 0.1) is 11.1 Å². The molecule has 4 aromatic rings. The lowest BCUT2D eigenvalue weighted by molar-refractivity contribution is -0.137. The molecule has 1 aliphatic rings. The third-order valence-electron chi connectivity index (χ3n) is 5.22.